The molecular formula is C20H32IN5O. The van der Waals surface area contributed by atoms with E-state index < -0.39 is 0 Å². The summed E-state index contributed by atoms with van der Waals surface area (Å²) < 4.78 is 7.59. The standard InChI is InChI=1S/C20H31N5O.HI/c1-6-21-19(24-15-20(3,4)26-5)23-13-17-8-7-9-18(12-17)14-25-11-10-22-16(25)2;/h7-12H,6,13-15H2,1-5H3,(H2,21,23,24);1H. The van der Waals surface area contributed by atoms with E-state index in [0.29, 0.717) is 13.1 Å². The molecule has 1 heterocycles. The molecule has 2 N–H and O–H groups in total. The second-order valence-corrected chi connectivity index (χ2v) is 6.93. The number of halogens is 1. The zero-order chi connectivity index (χ0) is 19.0. The van der Waals surface area contributed by atoms with Crippen molar-refractivity contribution in [3.8, 4) is 0 Å². The number of ether oxygens (including phenoxy) is 1. The summed E-state index contributed by atoms with van der Waals surface area (Å²) in [5.74, 6) is 1.82. The van der Waals surface area contributed by atoms with Crippen LogP contribution in [-0.2, 0) is 17.8 Å². The van der Waals surface area contributed by atoms with Gasteiger partial charge >= 0.3 is 0 Å². The number of nitrogens with zero attached hydrogens (tertiary/aromatic N) is 3. The van der Waals surface area contributed by atoms with E-state index in [1.807, 2.05) is 33.2 Å². The lowest BCUT2D eigenvalue weighted by atomic mass is 10.1. The molecule has 0 aliphatic carbocycles. The van der Waals surface area contributed by atoms with Crippen molar-refractivity contribution in [1.82, 2.24) is 20.2 Å². The highest BCUT2D eigenvalue weighted by Gasteiger charge is 2.16. The third-order valence-electron chi connectivity index (χ3n) is 4.27. The number of nitrogens with one attached hydrogen (secondary N) is 2. The minimum Gasteiger partial charge on any atom is -0.377 e. The number of rotatable bonds is 8. The summed E-state index contributed by atoms with van der Waals surface area (Å²) in [4.78, 5) is 8.97. The molecule has 0 spiro atoms. The van der Waals surface area contributed by atoms with Crippen molar-refractivity contribution in [2.75, 3.05) is 20.2 Å². The second-order valence-electron chi connectivity index (χ2n) is 6.93. The van der Waals surface area contributed by atoms with Crippen molar-refractivity contribution in [2.24, 2.45) is 4.99 Å². The van der Waals surface area contributed by atoms with Gasteiger partial charge in [0, 0.05) is 39.1 Å². The monoisotopic (exact) mass is 485 g/mol. The highest BCUT2D eigenvalue weighted by Crippen LogP contribution is 2.10. The van der Waals surface area contributed by atoms with Crippen LogP contribution in [0, 0.1) is 6.92 Å². The quantitative estimate of drug-likeness (QED) is 0.342. The zero-order valence-corrected chi connectivity index (χ0v) is 19.3. The molecule has 0 fully saturated rings. The molecule has 2 aromatic rings. The number of imidazole rings is 1. The summed E-state index contributed by atoms with van der Waals surface area (Å²) in [6.07, 6.45) is 3.84. The Balaban J connectivity index is 0.00000364. The summed E-state index contributed by atoms with van der Waals surface area (Å²) >= 11 is 0. The van der Waals surface area contributed by atoms with Crippen molar-refractivity contribution >= 4 is 29.9 Å². The number of hydrogen-bond acceptors (Lipinski definition) is 3. The van der Waals surface area contributed by atoms with Gasteiger partial charge in [0.1, 0.15) is 5.82 Å². The lowest BCUT2D eigenvalue weighted by Crippen LogP contribution is -2.45. The second kappa shape index (κ2) is 11.3. The summed E-state index contributed by atoms with van der Waals surface area (Å²) in [6.45, 7) is 11.1. The van der Waals surface area contributed by atoms with Crippen molar-refractivity contribution in [1.29, 1.82) is 0 Å². The van der Waals surface area contributed by atoms with Gasteiger partial charge in [-0.05, 0) is 38.8 Å². The molecule has 150 valence electrons. The van der Waals surface area contributed by atoms with Crippen molar-refractivity contribution < 1.29 is 4.74 Å². The maximum absolute atomic E-state index is 5.45. The fourth-order valence-electron chi connectivity index (χ4n) is 2.47. The average Bonchev–Trinajstić information content (AvgIpc) is 3.02. The molecule has 1 aromatic carbocycles. The van der Waals surface area contributed by atoms with Crippen LogP contribution in [0.5, 0.6) is 0 Å². The molecule has 0 aliphatic rings. The summed E-state index contributed by atoms with van der Waals surface area (Å²) in [5.41, 5.74) is 2.19. The molecule has 6 nitrogen and oxygen atoms in total. The van der Waals surface area contributed by atoms with Gasteiger partial charge in [0.2, 0.25) is 0 Å². The van der Waals surface area contributed by atoms with Crippen molar-refractivity contribution in [2.45, 2.75) is 46.4 Å². The Morgan fingerprint density at radius 2 is 2.00 bits per heavy atom. The van der Waals surface area contributed by atoms with Crippen molar-refractivity contribution in [3.05, 3.63) is 53.6 Å². The number of aryl methyl sites for hydroxylation is 1. The number of benzene rings is 1. The van der Waals surface area contributed by atoms with Gasteiger partial charge in [0.15, 0.2) is 5.96 Å². The zero-order valence-electron chi connectivity index (χ0n) is 17.0. The Morgan fingerprint density at radius 3 is 2.63 bits per heavy atom. The smallest absolute Gasteiger partial charge is 0.191 e. The fraction of sp³-hybridized carbons (Fsp3) is 0.500. The minimum absolute atomic E-state index is 0. The minimum atomic E-state index is -0.237. The molecule has 0 saturated carbocycles. The van der Waals surface area contributed by atoms with Crippen LogP contribution >= 0.6 is 24.0 Å². The summed E-state index contributed by atoms with van der Waals surface area (Å²) in [5, 5.41) is 6.62. The number of aliphatic imine (C=N–C) groups is 1. The highest BCUT2D eigenvalue weighted by atomic mass is 127. The topological polar surface area (TPSA) is 63.5 Å². The largest absolute Gasteiger partial charge is 0.377 e. The Morgan fingerprint density at radius 1 is 1.26 bits per heavy atom. The predicted molar refractivity (Wildman–Crippen MR) is 122 cm³/mol. The molecule has 0 unspecified atom stereocenters. The Bertz CT molecular complexity index is 727. The Labute approximate surface area is 179 Å². The van der Waals surface area contributed by atoms with E-state index in [2.05, 4.69) is 51.4 Å². The molecule has 7 heteroatoms. The lowest BCUT2D eigenvalue weighted by Gasteiger charge is -2.24. The maximum atomic E-state index is 5.45. The number of aromatic nitrogens is 2. The highest BCUT2D eigenvalue weighted by molar-refractivity contribution is 14.0. The molecule has 0 aliphatic heterocycles. The van der Waals surface area contributed by atoms with Gasteiger partial charge < -0.3 is 19.9 Å². The van der Waals surface area contributed by atoms with Crippen LogP contribution in [-0.4, -0.2) is 41.3 Å². The SMILES string of the molecule is CCNC(=NCc1cccc(Cn2ccnc2C)c1)NCC(C)(C)OC.I. The van der Waals surface area contributed by atoms with Gasteiger partial charge in [-0.3, -0.25) is 0 Å². The predicted octanol–water partition coefficient (Wildman–Crippen LogP) is 3.34. The number of hydrogen-bond donors (Lipinski definition) is 2. The number of methoxy groups -OCH3 is 1. The van der Waals surface area contributed by atoms with E-state index in [1.165, 1.54) is 11.1 Å². The third-order valence-corrected chi connectivity index (χ3v) is 4.27. The third kappa shape index (κ3) is 7.88. The van der Waals surface area contributed by atoms with Crippen LogP contribution in [0.3, 0.4) is 0 Å². The van der Waals surface area contributed by atoms with Gasteiger partial charge in [-0.25, -0.2) is 9.98 Å². The van der Waals surface area contributed by atoms with Gasteiger partial charge in [0.25, 0.3) is 0 Å². The van der Waals surface area contributed by atoms with Crippen LogP contribution in [0.25, 0.3) is 0 Å². The Hall–Kier alpha value is -1.61. The molecule has 27 heavy (non-hydrogen) atoms. The normalized spacial score (nSPS) is 11.8. The molecule has 0 amide bonds. The van der Waals surface area contributed by atoms with Gasteiger partial charge in [0.05, 0.1) is 12.1 Å². The first-order chi connectivity index (χ1) is 12.4. The van der Waals surface area contributed by atoms with E-state index in [-0.39, 0.29) is 29.6 Å². The van der Waals surface area contributed by atoms with Crippen LogP contribution in [0.4, 0.5) is 0 Å². The summed E-state index contributed by atoms with van der Waals surface area (Å²) in [7, 11) is 1.72. The van der Waals surface area contributed by atoms with E-state index in [4.69, 9.17) is 9.73 Å². The van der Waals surface area contributed by atoms with Crippen LogP contribution in [0.2, 0.25) is 0 Å². The van der Waals surface area contributed by atoms with Crippen LogP contribution in [0.15, 0.2) is 41.7 Å². The van der Waals surface area contributed by atoms with Gasteiger partial charge in [-0.2, -0.15) is 0 Å². The molecule has 0 bridgehead atoms. The summed E-state index contributed by atoms with van der Waals surface area (Å²) in [6, 6.07) is 8.53. The first-order valence-corrected chi connectivity index (χ1v) is 9.06. The molecule has 0 saturated heterocycles. The molecule has 0 atom stereocenters. The Kier molecular flexibility index (Phi) is 9.79. The molecule has 1 aromatic heterocycles. The van der Waals surface area contributed by atoms with E-state index in [1.54, 1.807) is 7.11 Å². The van der Waals surface area contributed by atoms with Crippen LogP contribution < -0.4 is 10.6 Å². The van der Waals surface area contributed by atoms with E-state index >= 15 is 0 Å². The van der Waals surface area contributed by atoms with E-state index in [9.17, 15) is 0 Å². The first-order valence-electron chi connectivity index (χ1n) is 9.06. The average molecular weight is 485 g/mol. The molecule has 0 radical (unpaired) electrons. The first kappa shape index (κ1) is 23.4. The molecular weight excluding hydrogens is 453 g/mol. The van der Waals surface area contributed by atoms with E-state index in [0.717, 1.165) is 24.9 Å². The van der Waals surface area contributed by atoms with Crippen LogP contribution in [0.1, 0.15) is 37.7 Å². The lowest BCUT2D eigenvalue weighted by molar-refractivity contribution is 0.0268. The van der Waals surface area contributed by atoms with Crippen molar-refractivity contribution in [3.63, 3.8) is 0 Å². The molecule has 2 rings (SSSR count). The van der Waals surface area contributed by atoms with Gasteiger partial charge in [-0.15, -0.1) is 24.0 Å². The number of guanidine groups is 1. The maximum Gasteiger partial charge on any atom is 0.191 e. The van der Waals surface area contributed by atoms with Gasteiger partial charge in [-0.1, -0.05) is 24.3 Å². The fourth-order valence-corrected chi connectivity index (χ4v) is 2.47.